The fourth-order valence-corrected chi connectivity index (χ4v) is 3.44. The Morgan fingerprint density at radius 2 is 2.35 bits per heavy atom. The van der Waals surface area contributed by atoms with Crippen molar-refractivity contribution in [2.75, 3.05) is 12.4 Å². The van der Waals surface area contributed by atoms with Gasteiger partial charge in [0.1, 0.15) is 11.9 Å². The lowest BCUT2D eigenvalue weighted by Crippen LogP contribution is -2.38. The summed E-state index contributed by atoms with van der Waals surface area (Å²) in [5.74, 6) is -0.504. The van der Waals surface area contributed by atoms with Gasteiger partial charge in [-0.15, -0.1) is 11.3 Å². The number of thiazole rings is 1. The van der Waals surface area contributed by atoms with E-state index in [0.717, 1.165) is 10.4 Å². The highest BCUT2D eigenvalue weighted by Crippen LogP contribution is 2.23. The number of aromatic nitrogens is 1. The lowest BCUT2D eigenvalue weighted by molar-refractivity contribution is -0.131. The van der Waals surface area contributed by atoms with Gasteiger partial charge in [0.2, 0.25) is 11.8 Å². The van der Waals surface area contributed by atoms with Crippen molar-refractivity contribution in [3.05, 3.63) is 46.7 Å². The monoisotopic (exact) mass is 333 g/mol. The van der Waals surface area contributed by atoms with Crippen molar-refractivity contribution in [1.82, 2.24) is 9.88 Å². The van der Waals surface area contributed by atoms with Crippen LogP contribution in [-0.2, 0) is 16.0 Å². The van der Waals surface area contributed by atoms with E-state index in [1.54, 1.807) is 19.3 Å². The largest absolute Gasteiger partial charge is 0.334 e. The molecule has 120 valence electrons. The van der Waals surface area contributed by atoms with Gasteiger partial charge in [0.25, 0.3) is 0 Å². The molecule has 1 aromatic heterocycles. The van der Waals surface area contributed by atoms with E-state index in [0.29, 0.717) is 24.4 Å². The van der Waals surface area contributed by atoms with Gasteiger partial charge in [0.05, 0.1) is 0 Å². The SMILES string of the molecule is CN1C(=O)CCC1C(=O)Nc1ncc(Cc2cccc(F)c2)s1. The van der Waals surface area contributed by atoms with E-state index in [1.165, 1.54) is 28.4 Å². The minimum Gasteiger partial charge on any atom is -0.334 e. The fourth-order valence-electron chi connectivity index (χ4n) is 2.59. The van der Waals surface area contributed by atoms with E-state index in [2.05, 4.69) is 10.3 Å². The third-order valence-corrected chi connectivity index (χ3v) is 4.76. The summed E-state index contributed by atoms with van der Waals surface area (Å²) in [7, 11) is 1.64. The van der Waals surface area contributed by atoms with Crippen molar-refractivity contribution in [3.63, 3.8) is 0 Å². The smallest absolute Gasteiger partial charge is 0.248 e. The summed E-state index contributed by atoms with van der Waals surface area (Å²) in [6, 6.07) is 5.97. The van der Waals surface area contributed by atoms with Crippen molar-refractivity contribution < 1.29 is 14.0 Å². The minimum absolute atomic E-state index is 0.0175. The third kappa shape index (κ3) is 3.56. The van der Waals surface area contributed by atoms with E-state index in [9.17, 15) is 14.0 Å². The number of nitrogens with one attached hydrogen (secondary N) is 1. The van der Waals surface area contributed by atoms with E-state index in [4.69, 9.17) is 0 Å². The number of hydrogen-bond acceptors (Lipinski definition) is 4. The predicted molar refractivity (Wildman–Crippen MR) is 85.7 cm³/mol. The first-order valence-electron chi connectivity index (χ1n) is 7.28. The number of carbonyl (C=O) groups excluding carboxylic acids is 2. The molecule has 0 saturated carbocycles. The number of likely N-dealkylation sites (tertiary alicyclic amines) is 1. The van der Waals surface area contributed by atoms with Crippen LogP contribution < -0.4 is 5.32 Å². The zero-order chi connectivity index (χ0) is 16.4. The third-order valence-electron chi connectivity index (χ3n) is 3.85. The van der Waals surface area contributed by atoms with Gasteiger partial charge in [-0.2, -0.15) is 0 Å². The molecule has 1 fully saturated rings. The van der Waals surface area contributed by atoms with Gasteiger partial charge in [0, 0.05) is 31.0 Å². The molecular formula is C16H16FN3O2S. The van der Waals surface area contributed by atoms with Crippen LogP contribution in [-0.4, -0.2) is 34.8 Å². The van der Waals surface area contributed by atoms with Crippen LogP contribution in [0, 0.1) is 5.82 Å². The van der Waals surface area contributed by atoms with Crippen LogP contribution in [0.3, 0.4) is 0 Å². The van der Waals surface area contributed by atoms with Crippen LogP contribution in [0.25, 0.3) is 0 Å². The average Bonchev–Trinajstić information content (AvgIpc) is 3.07. The molecule has 5 nitrogen and oxygen atoms in total. The maximum atomic E-state index is 13.2. The van der Waals surface area contributed by atoms with Gasteiger partial charge in [-0.3, -0.25) is 9.59 Å². The second kappa shape index (κ2) is 6.45. The molecule has 1 N–H and O–H groups in total. The van der Waals surface area contributed by atoms with Crippen molar-refractivity contribution in [1.29, 1.82) is 0 Å². The fraction of sp³-hybridized carbons (Fsp3) is 0.312. The Balaban J connectivity index is 1.63. The summed E-state index contributed by atoms with van der Waals surface area (Å²) in [5.41, 5.74) is 0.854. The summed E-state index contributed by atoms with van der Waals surface area (Å²) < 4.78 is 13.2. The zero-order valence-electron chi connectivity index (χ0n) is 12.6. The Labute approximate surface area is 137 Å². The Hall–Kier alpha value is -2.28. The van der Waals surface area contributed by atoms with Gasteiger partial charge in [-0.05, 0) is 24.1 Å². The van der Waals surface area contributed by atoms with Crippen LogP contribution in [0.2, 0.25) is 0 Å². The molecule has 1 unspecified atom stereocenters. The first-order valence-corrected chi connectivity index (χ1v) is 8.10. The van der Waals surface area contributed by atoms with E-state index in [1.807, 2.05) is 6.07 Å². The van der Waals surface area contributed by atoms with Crippen LogP contribution in [0.15, 0.2) is 30.5 Å². The van der Waals surface area contributed by atoms with E-state index >= 15 is 0 Å². The molecule has 1 atom stereocenters. The predicted octanol–water partition coefficient (Wildman–Crippen LogP) is 2.43. The Morgan fingerprint density at radius 1 is 1.52 bits per heavy atom. The lowest BCUT2D eigenvalue weighted by atomic mass is 10.1. The number of carbonyl (C=O) groups is 2. The number of anilines is 1. The van der Waals surface area contributed by atoms with Gasteiger partial charge in [-0.1, -0.05) is 12.1 Å². The van der Waals surface area contributed by atoms with Gasteiger partial charge in [-0.25, -0.2) is 9.37 Å². The van der Waals surface area contributed by atoms with E-state index in [-0.39, 0.29) is 17.6 Å². The molecular weight excluding hydrogens is 317 g/mol. The van der Waals surface area contributed by atoms with Crippen molar-refractivity contribution in [2.45, 2.75) is 25.3 Å². The summed E-state index contributed by atoms with van der Waals surface area (Å²) in [4.78, 5) is 30.3. The van der Waals surface area contributed by atoms with Crippen LogP contribution in [0.5, 0.6) is 0 Å². The zero-order valence-corrected chi connectivity index (χ0v) is 13.4. The standard InChI is InChI=1S/C16H16FN3O2S/c1-20-13(5-6-14(20)21)15(22)19-16-18-9-12(23-16)8-10-3-2-4-11(17)7-10/h2-4,7,9,13H,5-6,8H2,1H3,(H,18,19,22). The number of rotatable bonds is 4. The number of nitrogens with zero attached hydrogens (tertiary/aromatic N) is 2. The minimum atomic E-state index is -0.432. The second-order valence-corrected chi connectivity index (χ2v) is 6.60. The summed E-state index contributed by atoms with van der Waals surface area (Å²) in [6.45, 7) is 0. The van der Waals surface area contributed by atoms with Gasteiger partial charge in [0.15, 0.2) is 5.13 Å². The second-order valence-electron chi connectivity index (χ2n) is 5.49. The molecule has 3 rings (SSSR count). The number of halogens is 1. The van der Waals surface area contributed by atoms with Crippen LogP contribution in [0.4, 0.5) is 9.52 Å². The summed E-state index contributed by atoms with van der Waals surface area (Å²) in [5, 5.41) is 3.25. The van der Waals surface area contributed by atoms with Gasteiger partial charge < -0.3 is 10.2 Å². The molecule has 1 aromatic carbocycles. The maximum Gasteiger partial charge on any atom is 0.248 e. The van der Waals surface area contributed by atoms with Crippen molar-refractivity contribution in [2.24, 2.45) is 0 Å². The Morgan fingerprint density at radius 3 is 3.04 bits per heavy atom. The molecule has 0 radical (unpaired) electrons. The van der Waals surface area contributed by atoms with E-state index < -0.39 is 6.04 Å². The topological polar surface area (TPSA) is 62.3 Å². The molecule has 0 aliphatic carbocycles. The number of likely N-dealkylation sites (N-methyl/N-ethyl adjacent to an activating group) is 1. The van der Waals surface area contributed by atoms with Crippen molar-refractivity contribution >= 4 is 28.3 Å². The maximum absolute atomic E-state index is 13.2. The molecule has 0 spiro atoms. The number of amides is 2. The molecule has 2 amide bonds. The lowest BCUT2D eigenvalue weighted by Gasteiger charge is -2.18. The average molecular weight is 333 g/mol. The van der Waals surface area contributed by atoms with Gasteiger partial charge >= 0.3 is 0 Å². The quantitative estimate of drug-likeness (QED) is 0.935. The highest BCUT2D eigenvalue weighted by molar-refractivity contribution is 7.15. The molecule has 0 bridgehead atoms. The number of hydrogen-bond donors (Lipinski definition) is 1. The Kier molecular flexibility index (Phi) is 4.38. The first-order chi connectivity index (χ1) is 11.0. The first kappa shape index (κ1) is 15.6. The molecule has 1 aliphatic rings. The summed E-state index contributed by atoms with van der Waals surface area (Å²) >= 11 is 1.35. The highest BCUT2D eigenvalue weighted by Gasteiger charge is 2.33. The normalized spacial score (nSPS) is 17.6. The molecule has 2 heterocycles. The van der Waals surface area contributed by atoms with Crippen LogP contribution in [0.1, 0.15) is 23.3 Å². The Bertz CT molecular complexity index is 746. The van der Waals surface area contributed by atoms with Crippen LogP contribution >= 0.6 is 11.3 Å². The molecule has 23 heavy (non-hydrogen) atoms. The molecule has 1 aliphatic heterocycles. The molecule has 7 heteroatoms. The summed E-state index contributed by atoms with van der Waals surface area (Å²) in [6.07, 6.45) is 3.17. The number of benzene rings is 1. The molecule has 1 saturated heterocycles. The highest BCUT2D eigenvalue weighted by atomic mass is 32.1. The van der Waals surface area contributed by atoms with Crippen molar-refractivity contribution in [3.8, 4) is 0 Å². The molecule has 2 aromatic rings.